The number of rotatable bonds is 5. The summed E-state index contributed by atoms with van der Waals surface area (Å²) in [7, 11) is 0. The number of thiocarbonyl (C=S) groups is 1. The molecule has 0 aliphatic carbocycles. The number of amides is 1. The summed E-state index contributed by atoms with van der Waals surface area (Å²) in [5, 5.41) is 6.06. The van der Waals surface area contributed by atoms with Crippen LogP contribution in [0.25, 0.3) is 0 Å². The lowest BCUT2D eigenvalue weighted by atomic mass is 10.2. The van der Waals surface area contributed by atoms with Crippen molar-refractivity contribution < 1.29 is 14.4 Å². The Morgan fingerprint density at radius 2 is 1.95 bits per heavy atom. The lowest BCUT2D eigenvalue weighted by Crippen LogP contribution is -3.12. The van der Waals surface area contributed by atoms with Gasteiger partial charge in [-0.3, -0.25) is 4.79 Å². The summed E-state index contributed by atoms with van der Waals surface area (Å²) in [6.07, 6.45) is 1.30. The average molecular weight is 322 g/mol. The van der Waals surface area contributed by atoms with Crippen molar-refractivity contribution in [2.45, 2.75) is 26.3 Å². The maximum Gasteiger partial charge on any atom is 0.226 e. The predicted octanol–water partition coefficient (Wildman–Crippen LogP) is 0.715. The standard InChI is InChI=1S/C16H23N3O2S/c1-2-3-15(20)18-16(22)17-14-6-4-13(5-7-14)12-19-8-10-21-11-9-19/h4-7H,2-3,8-12H2,1H3,(H2,17,18,20,22)/p+1. The summed E-state index contributed by atoms with van der Waals surface area (Å²) in [6, 6.07) is 8.18. The first-order chi connectivity index (χ1) is 10.7. The Bertz CT molecular complexity index is 499. The third-order valence-corrected chi connectivity index (χ3v) is 3.80. The highest BCUT2D eigenvalue weighted by molar-refractivity contribution is 7.80. The first-order valence-corrected chi connectivity index (χ1v) is 8.19. The van der Waals surface area contributed by atoms with Gasteiger partial charge in [-0.15, -0.1) is 0 Å². The van der Waals surface area contributed by atoms with Crippen LogP contribution in [0.1, 0.15) is 25.3 Å². The number of anilines is 1. The van der Waals surface area contributed by atoms with Crippen LogP contribution in [0, 0.1) is 0 Å². The topological polar surface area (TPSA) is 54.8 Å². The zero-order valence-corrected chi connectivity index (χ0v) is 13.8. The van der Waals surface area contributed by atoms with E-state index in [1.165, 1.54) is 5.56 Å². The van der Waals surface area contributed by atoms with Gasteiger partial charge in [0.15, 0.2) is 5.11 Å². The second kappa shape index (κ2) is 8.82. The summed E-state index contributed by atoms with van der Waals surface area (Å²) in [5.74, 6) is -0.0486. The van der Waals surface area contributed by atoms with Crippen molar-refractivity contribution in [1.29, 1.82) is 0 Å². The van der Waals surface area contributed by atoms with E-state index in [-0.39, 0.29) is 5.91 Å². The van der Waals surface area contributed by atoms with E-state index in [0.717, 1.165) is 45.0 Å². The van der Waals surface area contributed by atoms with Gasteiger partial charge < -0.3 is 20.3 Å². The van der Waals surface area contributed by atoms with Gasteiger partial charge >= 0.3 is 0 Å². The summed E-state index contributed by atoms with van der Waals surface area (Å²) < 4.78 is 5.37. The molecule has 1 fully saturated rings. The molecule has 0 atom stereocenters. The Kier molecular flexibility index (Phi) is 6.76. The number of morpholine rings is 1. The molecule has 1 saturated heterocycles. The van der Waals surface area contributed by atoms with Crippen molar-refractivity contribution in [3.05, 3.63) is 29.8 Å². The number of carbonyl (C=O) groups excluding carboxylic acids is 1. The Morgan fingerprint density at radius 3 is 2.59 bits per heavy atom. The second-order valence-electron chi connectivity index (χ2n) is 5.49. The third-order valence-electron chi connectivity index (χ3n) is 3.60. The molecule has 120 valence electrons. The molecular formula is C16H24N3O2S+. The number of ether oxygens (including phenoxy) is 1. The molecule has 0 aromatic heterocycles. The maximum atomic E-state index is 11.5. The van der Waals surface area contributed by atoms with Crippen molar-refractivity contribution in [3.8, 4) is 0 Å². The molecule has 0 unspecified atom stereocenters. The zero-order valence-electron chi connectivity index (χ0n) is 13.0. The highest BCUT2D eigenvalue weighted by Crippen LogP contribution is 2.09. The van der Waals surface area contributed by atoms with Crippen molar-refractivity contribution in [2.75, 3.05) is 31.6 Å². The van der Waals surface area contributed by atoms with Gasteiger partial charge in [0.2, 0.25) is 5.91 Å². The molecule has 1 aromatic carbocycles. The van der Waals surface area contributed by atoms with Crippen LogP contribution in [0.5, 0.6) is 0 Å². The molecule has 0 spiro atoms. The number of carbonyl (C=O) groups is 1. The minimum atomic E-state index is -0.0486. The number of nitrogens with one attached hydrogen (secondary N) is 3. The van der Waals surface area contributed by atoms with Gasteiger partial charge in [0.05, 0.1) is 13.2 Å². The molecule has 1 aromatic rings. The molecule has 1 amide bonds. The van der Waals surface area contributed by atoms with Gasteiger partial charge in [-0.2, -0.15) is 0 Å². The molecule has 6 heteroatoms. The monoisotopic (exact) mass is 322 g/mol. The summed E-state index contributed by atoms with van der Waals surface area (Å²) in [6.45, 7) is 6.80. The van der Waals surface area contributed by atoms with E-state index in [2.05, 4.69) is 22.8 Å². The van der Waals surface area contributed by atoms with E-state index >= 15 is 0 Å². The molecule has 5 nitrogen and oxygen atoms in total. The van der Waals surface area contributed by atoms with Crippen molar-refractivity contribution in [1.82, 2.24) is 5.32 Å². The molecule has 1 aliphatic heterocycles. The maximum absolute atomic E-state index is 11.5. The van der Waals surface area contributed by atoms with Crippen LogP contribution in [0.4, 0.5) is 5.69 Å². The Morgan fingerprint density at radius 1 is 1.27 bits per heavy atom. The van der Waals surface area contributed by atoms with E-state index in [0.29, 0.717) is 11.5 Å². The summed E-state index contributed by atoms with van der Waals surface area (Å²) >= 11 is 5.13. The predicted molar refractivity (Wildman–Crippen MR) is 90.9 cm³/mol. The SMILES string of the molecule is CCCC(=O)NC(=S)Nc1ccc(C[NH+]2CCOCC2)cc1. The molecular weight excluding hydrogens is 298 g/mol. The van der Waals surface area contributed by atoms with Crippen LogP contribution >= 0.6 is 12.2 Å². The van der Waals surface area contributed by atoms with E-state index in [1.807, 2.05) is 19.1 Å². The molecule has 0 saturated carbocycles. The van der Waals surface area contributed by atoms with Crippen LogP contribution in [-0.4, -0.2) is 37.3 Å². The van der Waals surface area contributed by atoms with Crippen LogP contribution < -0.4 is 15.5 Å². The van der Waals surface area contributed by atoms with Gasteiger partial charge in [-0.1, -0.05) is 19.1 Å². The minimum absolute atomic E-state index is 0.0486. The molecule has 0 bridgehead atoms. The quantitative estimate of drug-likeness (QED) is 0.699. The van der Waals surface area contributed by atoms with E-state index in [9.17, 15) is 4.79 Å². The average Bonchev–Trinajstić information content (AvgIpc) is 2.50. The molecule has 1 heterocycles. The van der Waals surface area contributed by atoms with Crippen LogP contribution in [0.15, 0.2) is 24.3 Å². The fourth-order valence-corrected chi connectivity index (χ4v) is 2.64. The molecule has 2 rings (SSSR count). The van der Waals surface area contributed by atoms with Gasteiger partial charge in [-0.25, -0.2) is 0 Å². The normalized spacial score (nSPS) is 15.3. The minimum Gasteiger partial charge on any atom is -0.370 e. The lowest BCUT2D eigenvalue weighted by Gasteiger charge is -2.23. The van der Waals surface area contributed by atoms with Gasteiger partial charge in [0.1, 0.15) is 19.6 Å². The van der Waals surface area contributed by atoms with Gasteiger partial charge in [0, 0.05) is 17.7 Å². The first-order valence-electron chi connectivity index (χ1n) is 7.78. The van der Waals surface area contributed by atoms with Crippen molar-refractivity contribution in [3.63, 3.8) is 0 Å². The largest absolute Gasteiger partial charge is 0.370 e. The molecule has 22 heavy (non-hydrogen) atoms. The van der Waals surface area contributed by atoms with Crippen molar-refractivity contribution >= 4 is 28.9 Å². The third kappa shape index (κ3) is 5.71. The Labute approximate surface area is 137 Å². The highest BCUT2D eigenvalue weighted by Gasteiger charge is 2.14. The van der Waals surface area contributed by atoms with Crippen molar-refractivity contribution in [2.24, 2.45) is 0 Å². The second-order valence-corrected chi connectivity index (χ2v) is 5.90. The number of benzene rings is 1. The first kappa shape index (κ1) is 16.9. The lowest BCUT2D eigenvalue weighted by molar-refractivity contribution is -0.921. The van der Waals surface area contributed by atoms with Crippen LogP contribution in [0.3, 0.4) is 0 Å². The van der Waals surface area contributed by atoms with E-state index < -0.39 is 0 Å². The van der Waals surface area contributed by atoms with Gasteiger partial charge in [0.25, 0.3) is 0 Å². The van der Waals surface area contributed by atoms with Crippen LogP contribution in [-0.2, 0) is 16.1 Å². The van der Waals surface area contributed by atoms with E-state index in [4.69, 9.17) is 17.0 Å². The molecule has 0 radical (unpaired) electrons. The zero-order chi connectivity index (χ0) is 15.8. The summed E-state index contributed by atoms with van der Waals surface area (Å²) in [5.41, 5.74) is 2.19. The van der Waals surface area contributed by atoms with Gasteiger partial charge in [-0.05, 0) is 30.8 Å². The smallest absolute Gasteiger partial charge is 0.226 e. The van der Waals surface area contributed by atoms with Crippen LogP contribution in [0.2, 0.25) is 0 Å². The van der Waals surface area contributed by atoms with E-state index in [1.54, 1.807) is 4.90 Å². The Hall–Kier alpha value is -1.50. The molecule has 1 aliphatic rings. The number of quaternary nitrogens is 1. The fraction of sp³-hybridized carbons (Fsp3) is 0.500. The fourth-order valence-electron chi connectivity index (χ4n) is 2.41. The number of hydrogen-bond acceptors (Lipinski definition) is 3. The summed E-state index contributed by atoms with van der Waals surface area (Å²) in [4.78, 5) is 13.0. The molecule has 3 N–H and O–H groups in total. The Balaban J connectivity index is 1.80. The highest BCUT2D eigenvalue weighted by atomic mass is 32.1. The number of hydrogen-bond donors (Lipinski definition) is 3.